The third kappa shape index (κ3) is 5.60. The summed E-state index contributed by atoms with van der Waals surface area (Å²) in [6.07, 6.45) is 1.04. The predicted molar refractivity (Wildman–Crippen MR) is 131 cm³/mol. The van der Waals surface area contributed by atoms with Gasteiger partial charge in [0.05, 0.1) is 4.90 Å². The molecule has 0 unspecified atom stereocenters. The Morgan fingerprint density at radius 3 is 2.22 bits per heavy atom. The van der Waals surface area contributed by atoms with E-state index in [1.54, 1.807) is 12.1 Å². The van der Waals surface area contributed by atoms with E-state index >= 15 is 0 Å². The molecule has 2 fully saturated rings. The lowest BCUT2D eigenvalue weighted by molar-refractivity contribution is -0.126. The third-order valence-corrected chi connectivity index (χ3v) is 9.16. The van der Waals surface area contributed by atoms with Crippen LogP contribution in [0.4, 0.5) is 5.69 Å². The van der Waals surface area contributed by atoms with Crippen molar-refractivity contribution in [2.45, 2.75) is 24.3 Å². The SMILES string of the molecule is O=C(NCc1ccc(N2CCSCC2)cc1)C1CCN(S(=O)(=O)c2ccc(Cl)cc2)CC1. The van der Waals surface area contributed by atoms with Crippen molar-refractivity contribution in [3.05, 3.63) is 59.1 Å². The summed E-state index contributed by atoms with van der Waals surface area (Å²) in [6, 6.07) is 14.6. The molecule has 1 N–H and O–H groups in total. The molecule has 0 aromatic heterocycles. The van der Waals surface area contributed by atoms with Gasteiger partial charge in [-0.05, 0) is 54.8 Å². The fourth-order valence-corrected chi connectivity index (χ4v) is 6.59. The number of piperidine rings is 1. The number of rotatable bonds is 6. The number of nitrogens with zero attached hydrogens (tertiary/aromatic N) is 2. The molecule has 4 rings (SSSR count). The maximum atomic E-state index is 12.8. The number of thioether (sulfide) groups is 1. The fraction of sp³-hybridized carbons (Fsp3) is 0.435. The Morgan fingerprint density at radius 1 is 0.969 bits per heavy atom. The number of hydrogen-bond acceptors (Lipinski definition) is 5. The van der Waals surface area contributed by atoms with Crippen LogP contribution in [0.1, 0.15) is 18.4 Å². The zero-order valence-electron chi connectivity index (χ0n) is 17.9. The summed E-state index contributed by atoms with van der Waals surface area (Å²) in [4.78, 5) is 15.3. The Morgan fingerprint density at radius 2 is 1.59 bits per heavy atom. The van der Waals surface area contributed by atoms with Crippen LogP contribution >= 0.6 is 23.4 Å². The smallest absolute Gasteiger partial charge is 0.243 e. The van der Waals surface area contributed by atoms with E-state index in [1.807, 2.05) is 11.8 Å². The van der Waals surface area contributed by atoms with E-state index in [9.17, 15) is 13.2 Å². The summed E-state index contributed by atoms with van der Waals surface area (Å²) in [5, 5.41) is 3.52. The van der Waals surface area contributed by atoms with Crippen LogP contribution in [-0.2, 0) is 21.4 Å². The number of amides is 1. The Kier molecular flexibility index (Phi) is 7.66. The van der Waals surface area contributed by atoms with Gasteiger partial charge in [-0.15, -0.1) is 0 Å². The monoisotopic (exact) mass is 493 g/mol. The van der Waals surface area contributed by atoms with Crippen molar-refractivity contribution < 1.29 is 13.2 Å². The lowest BCUT2D eigenvalue weighted by Crippen LogP contribution is -2.42. The van der Waals surface area contributed by atoms with Crippen LogP contribution in [0, 0.1) is 5.92 Å². The molecule has 0 atom stereocenters. The van der Waals surface area contributed by atoms with Gasteiger partial charge in [0, 0.05) is 60.9 Å². The van der Waals surface area contributed by atoms with Gasteiger partial charge in [-0.1, -0.05) is 23.7 Å². The fourth-order valence-electron chi connectivity index (χ4n) is 4.09. The molecule has 2 aliphatic heterocycles. The maximum absolute atomic E-state index is 12.8. The van der Waals surface area contributed by atoms with Crippen molar-refractivity contribution in [1.29, 1.82) is 0 Å². The summed E-state index contributed by atoms with van der Waals surface area (Å²) in [7, 11) is -3.56. The third-order valence-electron chi connectivity index (χ3n) is 6.06. The van der Waals surface area contributed by atoms with Gasteiger partial charge < -0.3 is 10.2 Å². The number of benzene rings is 2. The molecule has 2 heterocycles. The van der Waals surface area contributed by atoms with Crippen molar-refractivity contribution in [3.63, 3.8) is 0 Å². The van der Waals surface area contributed by atoms with E-state index in [1.165, 1.54) is 22.1 Å². The molecule has 6 nitrogen and oxygen atoms in total. The van der Waals surface area contributed by atoms with E-state index in [0.29, 0.717) is 37.5 Å². The minimum Gasteiger partial charge on any atom is -0.370 e. The number of sulfonamides is 1. The van der Waals surface area contributed by atoms with E-state index in [4.69, 9.17) is 11.6 Å². The number of nitrogens with one attached hydrogen (secondary N) is 1. The Labute approximate surface area is 199 Å². The average molecular weight is 494 g/mol. The molecule has 2 aromatic rings. The number of hydrogen-bond donors (Lipinski definition) is 1. The van der Waals surface area contributed by atoms with Gasteiger partial charge in [0.2, 0.25) is 15.9 Å². The Bertz CT molecular complexity index is 1020. The molecule has 0 bridgehead atoms. The molecular weight excluding hydrogens is 466 g/mol. The highest BCUT2D eigenvalue weighted by Gasteiger charge is 2.32. The summed E-state index contributed by atoms with van der Waals surface area (Å²) >= 11 is 7.85. The molecule has 32 heavy (non-hydrogen) atoms. The predicted octanol–water partition coefficient (Wildman–Crippen LogP) is 3.61. The van der Waals surface area contributed by atoms with E-state index < -0.39 is 10.0 Å². The summed E-state index contributed by atoms with van der Waals surface area (Å²) in [6.45, 7) is 3.32. The molecule has 2 saturated heterocycles. The Hall–Kier alpha value is -1.74. The van der Waals surface area contributed by atoms with Gasteiger partial charge in [0.25, 0.3) is 0 Å². The molecule has 0 radical (unpaired) electrons. The van der Waals surface area contributed by atoms with Crippen LogP contribution < -0.4 is 10.2 Å². The largest absolute Gasteiger partial charge is 0.370 e. The molecule has 172 valence electrons. The zero-order valence-corrected chi connectivity index (χ0v) is 20.3. The van der Waals surface area contributed by atoms with Crippen molar-refractivity contribution in [2.24, 2.45) is 5.92 Å². The maximum Gasteiger partial charge on any atom is 0.243 e. The first-order chi connectivity index (χ1) is 15.4. The first kappa shape index (κ1) is 23.4. The highest BCUT2D eigenvalue weighted by Crippen LogP contribution is 2.25. The van der Waals surface area contributed by atoms with Crippen molar-refractivity contribution >= 4 is 45.0 Å². The van der Waals surface area contributed by atoms with Gasteiger partial charge in [-0.3, -0.25) is 4.79 Å². The molecule has 0 aliphatic carbocycles. The average Bonchev–Trinajstić information content (AvgIpc) is 2.84. The normalized spacial score (nSPS) is 18.5. The van der Waals surface area contributed by atoms with Gasteiger partial charge in [0.15, 0.2) is 0 Å². The van der Waals surface area contributed by atoms with Crippen LogP contribution in [0.15, 0.2) is 53.4 Å². The summed E-state index contributed by atoms with van der Waals surface area (Å²) in [5.41, 5.74) is 2.30. The standard InChI is InChI=1S/C23H28ClN3O3S2/c24-20-3-7-22(8-4-20)32(29,30)27-11-9-19(10-12-27)23(28)25-17-18-1-5-21(6-2-18)26-13-15-31-16-14-26/h1-8,19H,9-17H2,(H,25,28). The van der Waals surface area contributed by atoms with Crippen LogP contribution in [-0.4, -0.2) is 56.3 Å². The quantitative estimate of drug-likeness (QED) is 0.665. The van der Waals surface area contributed by atoms with Gasteiger partial charge in [-0.2, -0.15) is 16.1 Å². The van der Waals surface area contributed by atoms with E-state index in [-0.39, 0.29) is 16.7 Å². The lowest BCUT2D eigenvalue weighted by Gasteiger charge is -2.30. The topological polar surface area (TPSA) is 69.7 Å². The first-order valence-corrected chi connectivity index (χ1v) is 13.9. The van der Waals surface area contributed by atoms with Gasteiger partial charge >= 0.3 is 0 Å². The molecule has 0 spiro atoms. The second-order valence-electron chi connectivity index (χ2n) is 8.12. The van der Waals surface area contributed by atoms with Crippen molar-refractivity contribution in [1.82, 2.24) is 9.62 Å². The molecule has 9 heteroatoms. The minimum absolute atomic E-state index is 0.00864. The van der Waals surface area contributed by atoms with Crippen LogP contribution in [0.2, 0.25) is 5.02 Å². The van der Waals surface area contributed by atoms with Crippen LogP contribution in [0.3, 0.4) is 0 Å². The second-order valence-corrected chi connectivity index (χ2v) is 11.7. The second kappa shape index (κ2) is 10.5. The van der Waals surface area contributed by atoms with E-state index in [2.05, 4.69) is 34.5 Å². The molecule has 2 aromatic carbocycles. The summed E-state index contributed by atoms with van der Waals surface area (Å²) in [5.74, 6) is 2.15. The minimum atomic E-state index is -3.56. The molecule has 0 saturated carbocycles. The summed E-state index contributed by atoms with van der Waals surface area (Å²) < 4.78 is 27.1. The number of carbonyl (C=O) groups is 1. The van der Waals surface area contributed by atoms with Crippen molar-refractivity contribution in [3.8, 4) is 0 Å². The van der Waals surface area contributed by atoms with Crippen LogP contribution in [0.5, 0.6) is 0 Å². The highest BCUT2D eigenvalue weighted by atomic mass is 35.5. The number of halogens is 1. The van der Waals surface area contributed by atoms with Crippen molar-refractivity contribution in [2.75, 3.05) is 42.6 Å². The zero-order chi connectivity index (χ0) is 22.6. The molecule has 2 aliphatic rings. The van der Waals surface area contributed by atoms with Gasteiger partial charge in [0.1, 0.15) is 0 Å². The number of anilines is 1. The highest BCUT2D eigenvalue weighted by molar-refractivity contribution is 7.99. The van der Waals surface area contributed by atoms with Crippen LogP contribution in [0.25, 0.3) is 0 Å². The molecular formula is C23H28ClN3O3S2. The van der Waals surface area contributed by atoms with Gasteiger partial charge in [-0.25, -0.2) is 8.42 Å². The number of carbonyl (C=O) groups excluding carboxylic acids is 1. The first-order valence-electron chi connectivity index (χ1n) is 10.9. The molecule has 1 amide bonds. The Balaban J connectivity index is 1.26. The lowest BCUT2D eigenvalue weighted by atomic mass is 9.97. The van der Waals surface area contributed by atoms with E-state index in [0.717, 1.165) is 30.2 Å².